The number of aryl methyl sites for hydroxylation is 4. The van der Waals surface area contributed by atoms with Crippen molar-refractivity contribution in [1.29, 1.82) is 0 Å². The number of pyridine rings is 1. The molecule has 0 fully saturated rings. The minimum absolute atomic E-state index is 0.244. The first-order valence-corrected chi connectivity index (χ1v) is 8.69. The summed E-state index contributed by atoms with van der Waals surface area (Å²) < 4.78 is 30.1. The Morgan fingerprint density at radius 3 is 2.41 bits per heavy atom. The van der Waals surface area contributed by atoms with Crippen molar-refractivity contribution in [3.05, 3.63) is 40.5 Å². The predicted octanol–water partition coefficient (Wildman–Crippen LogP) is 4.52. The molecule has 1 aromatic carbocycles. The summed E-state index contributed by atoms with van der Waals surface area (Å²) in [6.07, 6.45) is 0. The van der Waals surface area contributed by atoms with E-state index in [2.05, 4.69) is 15.4 Å². The van der Waals surface area contributed by atoms with Crippen LogP contribution in [-0.4, -0.2) is 31.9 Å². The number of halogens is 2. The van der Waals surface area contributed by atoms with Crippen molar-refractivity contribution in [2.24, 2.45) is 0 Å². The second-order valence-electron chi connectivity index (χ2n) is 7.09. The molecular formula is C19H16BF2N5. The molecule has 0 atom stereocenters. The molecule has 0 amide bonds. The molecule has 2 aliphatic rings. The number of hydrogen-bond donors (Lipinski definition) is 1. The van der Waals surface area contributed by atoms with E-state index in [0.717, 1.165) is 33.1 Å². The SMILES string of the molecule is Cc1bc(C)c2n(F)c3c(C)n(F)c(C)c3c(-c3ccc4n[nH]nc4c3)c1-2. The monoisotopic (exact) mass is 363 g/mol. The fraction of sp³-hybridized carbons (Fsp3) is 0.211. The molecule has 2 aliphatic heterocycles. The van der Waals surface area contributed by atoms with Crippen LogP contribution in [0.5, 0.6) is 0 Å². The number of aromatic nitrogens is 5. The van der Waals surface area contributed by atoms with Crippen LogP contribution in [0.4, 0.5) is 8.96 Å². The van der Waals surface area contributed by atoms with Gasteiger partial charge in [-0.3, -0.25) is 0 Å². The quantitative estimate of drug-likeness (QED) is 0.476. The van der Waals surface area contributed by atoms with E-state index in [9.17, 15) is 4.48 Å². The van der Waals surface area contributed by atoms with Gasteiger partial charge in [0.15, 0.2) is 0 Å². The van der Waals surface area contributed by atoms with E-state index in [1.54, 1.807) is 13.8 Å². The average molecular weight is 363 g/mol. The van der Waals surface area contributed by atoms with Crippen LogP contribution in [0, 0.1) is 27.7 Å². The molecule has 0 unspecified atom stereocenters. The molecule has 8 heteroatoms. The van der Waals surface area contributed by atoms with Crippen molar-refractivity contribution >= 4 is 28.8 Å². The van der Waals surface area contributed by atoms with E-state index >= 15 is 4.48 Å². The first-order valence-electron chi connectivity index (χ1n) is 8.69. The summed E-state index contributed by atoms with van der Waals surface area (Å²) in [7, 11) is 0. The van der Waals surface area contributed by atoms with E-state index in [1.807, 2.05) is 39.0 Å². The zero-order valence-electron chi connectivity index (χ0n) is 15.4. The molecule has 1 N–H and O–H groups in total. The number of H-pyrrole nitrogens is 1. The molecule has 27 heavy (non-hydrogen) atoms. The van der Waals surface area contributed by atoms with Gasteiger partial charge in [0.05, 0.1) is 0 Å². The molecule has 0 radical (unpaired) electrons. The number of nitrogens with zero attached hydrogens (tertiary/aromatic N) is 4. The molecule has 5 nitrogen and oxygen atoms in total. The Labute approximate surface area is 154 Å². The van der Waals surface area contributed by atoms with Gasteiger partial charge in [-0.25, -0.2) is 0 Å². The van der Waals surface area contributed by atoms with E-state index in [0.29, 0.717) is 31.9 Å². The van der Waals surface area contributed by atoms with Crippen LogP contribution >= 0.6 is 0 Å². The standard InChI is InChI=1S/C19H16BF2N5/c1-8-15-17(12-5-6-13-14(7-12)24-25-23-13)16-10(3)26(21)11(4)19(16)27(22)18(15)9(2)20-8/h5-7H,1-4H3,(H,23,24,25). The molecule has 0 saturated heterocycles. The Balaban J connectivity index is 2.05. The molecular weight excluding hydrogens is 347 g/mol. The number of hydrogen-bond acceptors (Lipinski definition) is 2. The zero-order valence-corrected chi connectivity index (χ0v) is 15.4. The topological polar surface area (TPSA) is 51.4 Å². The van der Waals surface area contributed by atoms with Crippen LogP contribution in [0.3, 0.4) is 0 Å². The Hall–Kier alpha value is -3.03. The molecule has 0 bridgehead atoms. The summed E-state index contributed by atoms with van der Waals surface area (Å²) in [5, 5.41) is 11.4. The van der Waals surface area contributed by atoms with Gasteiger partial charge in [-0.15, -0.1) is 0 Å². The van der Waals surface area contributed by atoms with Crippen LogP contribution in [0.15, 0.2) is 18.2 Å². The van der Waals surface area contributed by atoms with E-state index < -0.39 is 0 Å². The fourth-order valence-electron chi connectivity index (χ4n) is 4.27. The third-order valence-electron chi connectivity index (χ3n) is 5.47. The third-order valence-corrected chi connectivity index (χ3v) is 5.47. The Morgan fingerprint density at radius 2 is 1.63 bits per heavy atom. The van der Waals surface area contributed by atoms with Crippen LogP contribution in [0.2, 0.25) is 0 Å². The van der Waals surface area contributed by atoms with Gasteiger partial charge < -0.3 is 0 Å². The van der Waals surface area contributed by atoms with Gasteiger partial charge in [0.2, 0.25) is 0 Å². The second-order valence-corrected chi connectivity index (χ2v) is 7.09. The van der Waals surface area contributed by atoms with Crippen LogP contribution in [0.25, 0.3) is 44.3 Å². The first-order chi connectivity index (χ1) is 12.9. The Bertz CT molecular complexity index is 1340. The van der Waals surface area contributed by atoms with Gasteiger partial charge in [0.1, 0.15) is 0 Å². The van der Waals surface area contributed by atoms with Crippen LogP contribution < -0.4 is 0 Å². The Kier molecular flexibility index (Phi) is 3.14. The summed E-state index contributed by atoms with van der Waals surface area (Å²) in [6.45, 7) is 9.05. The third kappa shape index (κ3) is 1.95. The van der Waals surface area contributed by atoms with Gasteiger partial charge in [-0.05, 0) is 0 Å². The van der Waals surface area contributed by atoms with Crippen molar-refractivity contribution in [2.75, 3.05) is 0 Å². The molecule has 134 valence electrons. The van der Waals surface area contributed by atoms with Crippen molar-refractivity contribution in [1.82, 2.24) is 25.0 Å². The van der Waals surface area contributed by atoms with Gasteiger partial charge in [0.25, 0.3) is 0 Å². The zero-order chi connectivity index (χ0) is 19.0. The normalized spacial score (nSPS) is 11.9. The van der Waals surface area contributed by atoms with E-state index in [1.165, 1.54) is 0 Å². The number of rotatable bonds is 1. The maximum absolute atomic E-state index is 15.4. The summed E-state index contributed by atoms with van der Waals surface area (Å²) in [6, 6.07) is 5.69. The van der Waals surface area contributed by atoms with Crippen molar-refractivity contribution in [2.45, 2.75) is 27.7 Å². The van der Waals surface area contributed by atoms with E-state index in [-0.39, 0.29) is 11.2 Å². The van der Waals surface area contributed by atoms with Gasteiger partial charge in [0, 0.05) is 0 Å². The average Bonchev–Trinajstić information content (AvgIpc) is 3.28. The van der Waals surface area contributed by atoms with Crippen LogP contribution in [0.1, 0.15) is 22.3 Å². The summed E-state index contributed by atoms with van der Waals surface area (Å²) >= 11 is 0. The summed E-state index contributed by atoms with van der Waals surface area (Å²) in [4.78, 5) is 1.19. The van der Waals surface area contributed by atoms with Gasteiger partial charge in [-0.2, -0.15) is 0 Å². The van der Waals surface area contributed by atoms with Crippen molar-refractivity contribution in [3.8, 4) is 22.4 Å². The van der Waals surface area contributed by atoms with Crippen molar-refractivity contribution < 1.29 is 8.96 Å². The molecule has 2 aromatic heterocycles. The second kappa shape index (κ2) is 5.25. The summed E-state index contributed by atoms with van der Waals surface area (Å²) in [5.74, 6) is 0. The molecule has 0 saturated carbocycles. The van der Waals surface area contributed by atoms with Crippen molar-refractivity contribution in [3.63, 3.8) is 0 Å². The molecule has 5 rings (SSSR count). The molecule has 0 spiro atoms. The fourth-order valence-corrected chi connectivity index (χ4v) is 4.27. The number of fused-ring (bicyclic) bond motifs is 3. The summed E-state index contributed by atoms with van der Waals surface area (Å²) in [5.41, 5.74) is 7.05. The molecule has 0 aliphatic carbocycles. The maximum atomic E-state index is 15.4. The molecule has 3 aromatic rings. The minimum atomic E-state index is 0.244. The van der Waals surface area contributed by atoms with E-state index in [4.69, 9.17) is 0 Å². The Morgan fingerprint density at radius 1 is 0.889 bits per heavy atom. The number of aromatic amines is 1. The number of benzene rings is 1. The predicted molar refractivity (Wildman–Crippen MR) is 103 cm³/mol. The van der Waals surface area contributed by atoms with Gasteiger partial charge in [-0.1, -0.05) is 0 Å². The number of nitrogens with one attached hydrogen (secondary N) is 1. The van der Waals surface area contributed by atoms with Gasteiger partial charge >= 0.3 is 153 Å². The first kappa shape index (κ1) is 16.2. The van der Waals surface area contributed by atoms with Crippen LogP contribution in [-0.2, 0) is 0 Å². The molecule has 4 heterocycles.